The summed E-state index contributed by atoms with van der Waals surface area (Å²) in [7, 11) is 0. The minimum atomic E-state index is -0.339. The Morgan fingerprint density at radius 2 is 1.84 bits per heavy atom. The molecule has 0 fully saturated rings. The average Bonchev–Trinajstić information content (AvgIpc) is 3.22. The smallest absolute Gasteiger partial charge is 0.280 e. The van der Waals surface area contributed by atoms with Gasteiger partial charge in [-0.05, 0) is 32.0 Å². The number of benzene rings is 2. The Kier molecular flexibility index (Phi) is 3.61. The summed E-state index contributed by atoms with van der Waals surface area (Å²) >= 11 is 0. The number of nitrogens with zero attached hydrogens (tertiary/aromatic N) is 5. The van der Waals surface area contributed by atoms with Crippen LogP contribution in [0.4, 0.5) is 4.39 Å². The normalized spacial score (nSPS) is 11.0. The van der Waals surface area contributed by atoms with E-state index >= 15 is 0 Å². The Balaban J connectivity index is 1.71. The molecule has 4 aromatic rings. The van der Waals surface area contributed by atoms with Crippen LogP contribution in [0.25, 0.3) is 28.7 Å². The fourth-order valence-corrected chi connectivity index (χ4v) is 2.52. The molecule has 0 saturated carbocycles. The van der Waals surface area contributed by atoms with Gasteiger partial charge in [-0.25, -0.2) is 9.07 Å². The van der Waals surface area contributed by atoms with Gasteiger partial charge in [0.25, 0.3) is 5.89 Å². The molecular formula is C18H14FN5O. The molecule has 0 amide bonds. The van der Waals surface area contributed by atoms with E-state index in [-0.39, 0.29) is 11.7 Å². The molecule has 0 N–H and O–H groups in total. The van der Waals surface area contributed by atoms with Crippen LogP contribution in [-0.4, -0.2) is 25.1 Å². The lowest BCUT2D eigenvalue weighted by molar-refractivity contribution is 0.430. The predicted molar refractivity (Wildman–Crippen MR) is 89.5 cm³/mol. The number of aryl methyl sites for hydroxylation is 1. The fourth-order valence-electron chi connectivity index (χ4n) is 2.52. The largest absolute Gasteiger partial charge is 0.332 e. The Morgan fingerprint density at radius 1 is 1.04 bits per heavy atom. The number of rotatable bonds is 3. The lowest BCUT2D eigenvalue weighted by Gasteiger charge is -2.02. The Bertz CT molecular complexity index is 1040. The third-order valence-electron chi connectivity index (χ3n) is 3.89. The zero-order valence-electron chi connectivity index (χ0n) is 13.6. The van der Waals surface area contributed by atoms with Gasteiger partial charge in [-0.15, -0.1) is 5.10 Å². The van der Waals surface area contributed by atoms with Crippen molar-refractivity contribution in [2.45, 2.75) is 13.8 Å². The first-order valence-corrected chi connectivity index (χ1v) is 7.71. The van der Waals surface area contributed by atoms with Crippen LogP contribution in [0.3, 0.4) is 0 Å². The number of aromatic nitrogens is 5. The standard InChI is InChI=1S/C18H14FN5O/c1-11-6-8-13(9-7-11)17-20-18(25-22-17)16-12(2)24(23-21-16)15-5-3-4-14(19)10-15/h3-10H,1-2H3. The van der Waals surface area contributed by atoms with Crippen LogP contribution in [0.15, 0.2) is 53.1 Å². The molecule has 0 saturated heterocycles. The maximum atomic E-state index is 13.4. The van der Waals surface area contributed by atoms with Crippen LogP contribution in [0.5, 0.6) is 0 Å². The lowest BCUT2D eigenvalue weighted by Crippen LogP contribution is -1.99. The van der Waals surface area contributed by atoms with Crippen molar-refractivity contribution >= 4 is 0 Å². The second kappa shape index (κ2) is 5.94. The second-order valence-electron chi connectivity index (χ2n) is 5.70. The van der Waals surface area contributed by atoms with E-state index in [2.05, 4.69) is 20.5 Å². The van der Waals surface area contributed by atoms with Gasteiger partial charge in [-0.1, -0.05) is 46.3 Å². The van der Waals surface area contributed by atoms with E-state index in [1.165, 1.54) is 16.8 Å². The molecule has 7 heteroatoms. The summed E-state index contributed by atoms with van der Waals surface area (Å²) in [6.07, 6.45) is 0. The van der Waals surface area contributed by atoms with Crippen LogP contribution < -0.4 is 0 Å². The van der Waals surface area contributed by atoms with Crippen molar-refractivity contribution < 1.29 is 8.91 Å². The summed E-state index contributed by atoms with van der Waals surface area (Å²) < 4.78 is 20.3. The monoisotopic (exact) mass is 335 g/mol. The van der Waals surface area contributed by atoms with Crippen molar-refractivity contribution in [3.05, 3.63) is 65.6 Å². The minimum absolute atomic E-state index is 0.274. The van der Waals surface area contributed by atoms with Gasteiger partial charge < -0.3 is 4.52 Å². The molecule has 2 aromatic carbocycles. The fraction of sp³-hybridized carbons (Fsp3) is 0.111. The molecule has 25 heavy (non-hydrogen) atoms. The van der Waals surface area contributed by atoms with Crippen molar-refractivity contribution in [1.29, 1.82) is 0 Å². The van der Waals surface area contributed by atoms with Crippen LogP contribution in [-0.2, 0) is 0 Å². The molecule has 0 unspecified atom stereocenters. The zero-order chi connectivity index (χ0) is 17.4. The average molecular weight is 335 g/mol. The molecule has 0 spiro atoms. The molecular weight excluding hydrogens is 321 g/mol. The summed E-state index contributed by atoms with van der Waals surface area (Å²) in [5, 5.41) is 12.2. The first kappa shape index (κ1) is 15.2. The van der Waals surface area contributed by atoms with E-state index in [0.717, 1.165) is 11.1 Å². The van der Waals surface area contributed by atoms with Gasteiger partial charge in [-0.2, -0.15) is 4.98 Å². The second-order valence-corrected chi connectivity index (χ2v) is 5.70. The van der Waals surface area contributed by atoms with Gasteiger partial charge >= 0.3 is 0 Å². The summed E-state index contributed by atoms with van der Waals surface area (Å²) in [6, 6.07) is 14.0. The molecule has 0 radical (unpaired) electrons. The molecule has 0 bridgehead atoms. The van der Waals surface area contributed by atoms with Gasteiger partial charge in [-0.3, -0.25) is 0 Å². The molecule has 2 aromatic heterocycles. The lowest BCUT2D eigenvalue weighted by atomic mass is 10.1. The van der Waals surface area contributed by atoms with E-state index in [1.54, 1.807) is 12.1 Å². The summed E-state index contributed by atoms with van der Waals surface area (Å²) in [5.41, 5.74) is 3.74. The third kappa shape index (κ3) is 2.80. The van der Waals surface area contributed by atoms with E-state index in [1.807, 2.05) is 38.1 Å². The molecule has 0 aliphatic rings. The molecule has 0 aliphatic carbocycles. The molecule has 124 valence electrons. The number of halogens is 1. The van der Waals surface area contributed by atoms with Crippen LogP contribution in [0.2, 0.25) is 0 Å². The Labute approximate surface area is 142 Å². The van der Waals surface area contributed by atoms with Gasteiger partial charge in [0.1, 0.15) is 5.82 Å². The van der Waals surface area contributed by atoms with Crippen LogP contribution in [0, 0.1) is 19.7 Å². The first-order valence-electron chi connectivity index (χ1n) is 7.71. The maximum absolute atomic E-state index is 13.4. The third-order valence-corrected chi connectivity index (χ3v) is 3.89. The van der Waals surface area contributed by atoms with Gasteiger partial charge in [0.2, 0.25) is 5.82 Å². The highest BCUT2D eigenvalue weighted by Gasteiger charge is 2.19. The number of hydrogen-bond donors (Lipinski definition) is 0. The first-order chi connectivity index (χ1) is 12.1. The van der Waals surface area contributed by atoms with Crippen LogP contribution in [0.1, 0.15) is 11.3 Å². The van der Waals surface area contributed by atoms with Gasteiger partial charge in [0.15, 0.2) is 5.69 Å². The van der Waals surface area contributed by atoms with E-state index in [4.69, 9.17) is 4.52 Å². The van der Waals surface area contributed by atoms with Crippen molar-refractivity contribution in [2.75, 3.05) is 0 Å². The molecule has 0 atom stereocenters. The van der Waals surface area contributed by atoms with Crippen LogP contribution >= 0.6 is 0 Å². The highest BCUT2D eigenvalue weighted by molar-refractivity contribution is 5.59. The number of hydrogen-bond acceptors (Lipinski definition) is 5. The topological polar surface area (TPSA) is 69.6 Å². The SMILES string of the molecule is Cc1ccc(-c2noc(-c3nnn(-c4cccc(F)c4)c3C)n2)cc1. The van der Waals surface area contributed by atoms with Gasteiger partial charge in [0, 0.05) is 5.56 Å². The highest BCUT2D eigenvalue weighted by atomic mass is 19.1. The van der Waals surface area contributed by atoms with Crippen molar-refractivity contribution in [2.24, 2.45) is 0 Å². The minimum Gasteiger partial charge on any atom is -0.332 e. The Hall–Kier alpha value is -3.35. The molecule has 6 nitrogen and oxygen atoms in total. The molecule has 0 aliphatic heterocycles. The highest BCUT2D eigenvalue weighted by Crippen LogP contribution is 2.24. The van der Waals surface area contributed by atoms with E-state index < -0.39 is 0 Å². The van der Waals surface area contributed by atoms with Crippen molar-refractivity contribution in [1.82, 2.24) is 25.1 Å². The van der Waals surface area contributed by atoms with E-state index in [0.29, 0.717) is 22.9 Å². The summed E-state index contributed by atoms with van der Waals surface area (Å²) in [4.78, 5) is 4.40. The van der Waals surface area contributed by atoms with Gasteiger partial charge in [0.05, 0.1) is 11.4 Å². The molecule has 2 heterocycles. The zero-order valence-corrected chi connectivity index (χ0v) is 13.6. The maximum Gasteiger partial charge on any atom is 0.280 e. The summed E-state index contributed by atoms with van der Waals surface area (Å²) in [6.45, 7) is 3.83. The Morgan fingerprint density at radius 3 is 2.60 bits per heavy atom. The van der Waals surface area contributed by atoms with Crippen molar-refractivity contribution in [3.8, 4) is 28.7 Å². The summed E-state index contributed by atoms with van der Waals surface area (Å²) in [5.74, 6) is 0.416. The van der Waals surface area contributed by atoms with Crippen molar-refractivity contribution in [3.63, 3.8) is 0 Å². The quantitative estimate of drug-likeness (QED) is 0.570. The predicted octanol–water partition coefficient (Wildman–Crippen LogP) is 3.74. The molecule has 4 rings (SSSR count). The van der Waals surface area contributed by atoms with E-state index in [9.17, 15) is 4.39 Å².